The molecule has 1 aliphatic heterocycles. The Morgan fingerprint density at radius 1 is 1.12 bits per heavy atom. The molecule has 5 heteroatoms. The molecule has 0 saturated carbocycles. The minimum Gasteiger partial charge on any atom is -0.378 e. The fraction of sp³-hybridized carbons (Fsp3) is 0.368. The van der Waals surface area contributed by atoms with Gasteiger partial charge in [-0.25, -0.2) is 0 Å². The van der Waals surface area contributed by atoms with Crippen LogP contribution in [0.25, 0.3) is 6.08 Å². The third-order valence-electron chi connectivity index (χ3n) is 4.84. The molecule has 1 aromatic carbocycles. The van der Waals surface area contributed by atoms with Crippen LogP contribution < -0.4 is 4.90 Å². The van der Waals surface area contributed by atoms with Crippen LogP contribution in [0.15, 0.2) is 36.0 Å². The summed E-state index contributed by atoms with van der Waals surface area (Å²) in [6, 6.07) is 8.43. The first-order chi connectivity index (χ1) is 11.7. The summed E-state index contributed by atoms with van der Waals surface area (Å²) in [6.45, 7) is 3.44. The smallest absolute Gasteiger partial charge is 0.192 e. The van der Waals surface area contributed by atoms with Crippen molar-refractivity contribution in [2.45, 2.75) is 12.8 Å². The van der Waals surface area contributed by atoms with Gasteiger partial charge in [0.05, 0.1) is 25.0 Å². The van der Waals surface area contributed by atoms with E-state index in [4.69, 9.17) is 4.74 Å². The van der Waals surface area contributed by atoms with Gasteiger partial charge in [0.2, 0.25) is 0 Å². The molecule has 2 aliphatic rings. The lowest BCUT2D eigenvalue weighted by molar-refractivity contribution is 0.102. The van der Waals surface area contributed by atoms with E-state index in [2.05, 4.69) is 34.3 Å². The van der Waals surface area contributed by atoms with Crippen LogP contribution >= 0.6 is 0 Å². The third kappa shape index (κ3) is 2.76. The predicted molar refractivity (Wildman–Crippen MR) is 93.3 cm³/mol. The van der Waals surface area contributed by atoms with Crippen molar-refractivity contribution in [1.29, 1.82) is 0 Å². The van der Waals surface area contributed by atoms with E-state index in [9.17, 15) is 4.79 Å². The summed E-state index contributed by atoms with van der Waals surface area (Å²) in [6.07, 6.45) is 5.35. The number of fused-ring (bicyclic) bond motifs is 1. The van der Waals surface area contributed by atoms with Gasteiger partial charge in [-0.3, -0.25) is 9.48 Å². The average Bonchev–Trinajstić information content (AvgIpc) is 3.01. The number of aromatic nitrogens is 2. The van der Waals surface area contributed by atoms with Crippen molar-refractivity contribution in [3.05, 3.63) is 52.9 Å². The summed E-state index contributed by atoms with van der Waals surface area (Å²) in [5.74, 6) is 0.113. The maximum atomic E-state index is 12.6. The van der Waals surface area contributed by atoms with Crippen LogP contribution in [0.3, 0.4) is 0 Å². The first-order valence-electron chi connectivity index (χ1n) is 8.41. The molecular formula is C19H21N3O2. The molecule has 0 atom stereocenters. The topological polar surface area (TPSA) is 47.4 Å². The van der Waals surface area contributed by atoms with E-state index in [-0.39, 0.29) is 5.78 Å². The summed E-state index contributed by atoms with van der Waals surface area (Å²) >= 11 is 0. The summed E-state index contributed by atoms with van der Waals surface area (Å²) in [5, 5.41) is 4.21. The number of hydrogen-bond acceptors (Lipinski definition) is 4. The van der Waals surface area contributed by atoms with Gasteiger partial charge in [-0.15, -0.1) is 0 Å². The van der Waals surface area contributed by atoms with E-state index in [0.717, 1.165) is 61.5 Å². The highest BCUT2D eigenvalue weighted by Crippen LogP contribution is 2.26. The Morgan fingerprint density at radius 2 is 1.88 bits per heavy atom. The van der Waals surface area contributed by atoms with Gasteiger partial charge in [0, 0.05) is 37.1 Å². The Labute approximate surface area is 141 Å². The Morgan fingerprint density at radius 3 is 2.62 bits per heavy atom. The number of Topliss-reactive ketones (excluding diaryl/α,β-unsaturated/α-hetero) is 1. The second-order valence-corrected chi connectivity index (χ2v) is 6.32. The highest BCUT2D eigenvalue weighted by atomic mass is 16.5. The SMILES string of the molecule is Cn1ncc2c1CC/C(=C\c1ccc(N3CCOCC3)cc1)C2=O. The number of ether oxygens (including phenoxy) is 1. The molecule has 0 spiro atoms. The molecule has 0 bridgehead atoms. The first-order valence-corrected chi connectivity index (χ1v) is 8.41. The number of hydrogen-bond donors (Lipinski definition) is 0. The quantitative estimate of drug-likeness (QED) is 0.797. The highest BCUT2D eigenvalue weighted by Gasteiger charge is 2.24. The van der Waals surface area contributed by atoms with Crippen LogP contribution in [0.5, 0.6) is 0 Å². The molecule has 0 radical (unpaired) electrons. The minimum atomic E-state index is 0.113. The number of allylic oxidation sites excluding steroid dienone is 1. The van der Waals surface area contributed by atoms with Gasteiger partial charge in [0.25, 0.3) is 0 Å². The van der Waals surface area contributed by atoms with Crippen molar-refractivity contribution < 1.29 is 9.53 Å². The molecule has 1 aliphatic carbocycles. The van der Waals surface area contributed by atoms with Crippen LogP contribution in [0.1, 0.15) is 28.0 Å². The molecule has 0 N–H and O–H groups in total. The molecule has 4 rings (SSSR count). The molecule has 1 fully saturated rings. The number of aryl methyl sites for hydroxylation is 1. The number of anilines is 1. The largest absolute Gasteiger partial charge is 0.378 e. The van der Waals surface area contributed by atoms with Crippen molar-refractivity contribution in [2.24, 2.45) is 7.05 Å². The molecule has 1 saturated heterocycles. The van der Waals surface area contributed by atoms with E-state index in [1.165, 1.54) is 5.69 Å². The maximum absolute atomic E-state index is 12.6. The molecule has 5 nitrogen and oxygen atoms in total. The van der Waals surface area contributed by atoms with Crippen molar-refractivity contribution in [2.75, 3.05) is 31.2 Å². The fourth-order valence-electron chi connectivity index (χ4n) is 3.43. The summed E-state index contributed by atoms with van der Waals surface area (Å²) in [4.78, 5) is 14.9. The average molecular weight is 323 g/mol. The Hall–Kier alpha value is -2.40. The lowest BCUT2D eigenvalue weighted by Gasteiger charge is -2.28. The Bertz CT molecular complexity index is 783. The van der Waals surface area contributed by atoms with E-state index in [1.807, 2.05) is 13.1 Å². The number of rotatable bonds is 2. The van der Waals surface area contributed by atoms with Gasteiger partial charge in [-0.05, 0) is 36.6 Å². The second-order valence-electron chi connectivity index (χ2n) is 6.32. The zero-order valence-corrected chi connectivity index (χ0v) is 13.9. The minimum absolute atomic E-state index is 0.113. The molecule has 124 valence electrons. The Kier molecular flexibility index (Phi) is 3.94. The van der Waals surface area contributed by atoms with Crippen molar-refractivity contribution in [1.82, 2.24) is 9.78 Å². The summed E-state index contributed by atoms with van der Waals surface area (Å²) < 4.78 is 7.20. The van der Waals surface area contributed by atoms with Crippen LogP contribution in [0.4, 0.5) is 5.69 Å². The van der Waals surface area contributed by atoms with Gasteiger partial charge < -0.3 is 9.64 Å². The van der Waals surface area contributed by atoms with Crippen LogP contribution in [0, 0.1) is 0 Å². The van der Waals surface area contributed by atoms with E-state index in [0.29, 0.717) is 0 Å². The van der Waals surface area contributed by atoms with Crippen LogP contribution in [-0.4, -0.2) is 41.9 Å². The van der Waals surface area contributed by atoms with Gasteiger partial charge in [0.1, 0.15) is 0 Å². The molecule has 2 heterocycles. The molecular weight excluding hydrogens is 302 g/mol. The molecule has 2 aromatic rings. The third-order valence-corrected chi connectivity index (χ3v) is 4.84. The monoisotopic (exact) mass is 323 g/mol. The first kappa shape index (κ1) is 15.1. The number of carbonyl (C=O) groups is 1. The van der Waals surface area contributed by atoms with E-state index in [1.54, 1.807) is 10.9 Å². The zero-order valence-electron chi connectivity index (χ0n) is 13.9. The number of carbonyl (C=O) groups excluding carboxylic acids is 1. The predicted octanol–water partition coefficient (Wildman–Crippen LogP) is 2.47. The lowest BCUT2D eigenvalue weighted by atomic mass is 9.90. The number of nitrogens with zero attached hydrogens (tertiary/aromatic N) is 3. The normalized spacial score (nSPS) is 19.6. The highest BCUT2D eigenvalue weighted by molar-refractivity contribution is 6.12. The molecule has 0 unspecified atom stereocenters. The summed E-state index contributed by atoms with van der Waals surface area (Å²) in [7, 11) is 1.89. The van der Waals surface area contributed by atoms with Crippen molar-refractivity contribution in [3.63, 3.8) is 0 Å². The van der Waals surface area contributed by atoms with Gasteiger partial charge in [0.15, 0.2) is 5.78 Å². The van der Waals surface area contributed by atoms with Gasteiger partial charge in [-0.1, -0.05) is 12.1 Å². The zero-order chi connectivity index (χ0) is 16.5. The number of benzene rings is 1. The lowest BCUT2D eigenvalue weighted by Crippen LogP contribution is -2.36. The maximum Gasteiger partial charge on any atom is 0.192 e. The fourth-order valence-corrected chi connectivity index (χ4v) is 3.43. The van der Waals surface area contributed by atoms with Gasteiger partial charge in [-0.2, -0.15) is 5.10 Å². The molecule has 1 aromatic heterocycles. The van der Waals surface area contributed by atoms with Crippen molar-refractivity contribution >= 4 is 17.5 Å². The molecule has 0 amide bonds. The van der Waals surface area contributed by atoms with Crippen LogP contribution in [-0.2, 0) is 18.2 Å². The second kappa shape index (κ2) is 6.24. The van der Waals surface area contributed by atoms with E-state index >= 15 is 0 Å². The summed E-state index contributed by atoms with van der Waals surface area (Å²) in [5.41, 5.74) is 4.95. The number of morpholine rings is 1. The standard InChI is InChI=1S/C19H21N3O2/c1-21-18-7-4-15(19(23)17(18)13-20-21)12-14-2-5-16(6-3-14)22-8-10-24-11-9-22/h2-3,5-6,12-13H,4,7-11H2,1H3/b15-12+. The van der Waals surface area contributed by atoms with E-state index < -0.39 is 0 Å². The Balaban J connectivity index is 1.54. The van der Waals surface area contributed by atoms with Gasteiger partial charge >= 0.3 is 0 Å². The number of ketones is 1. The van der Waals surface area contributed by atoms with Crippen LogP contribution in [0.2, 0.25) is 0 Å². The molecule has 24 heavy (non-hydrogen) atoms. The van der Waals surface area contributed by atoms with Crippen molar-refractivity contribution in [3.8, 4) is 0 Å².